The molecule has 0 spiro atoms. The lowest BCUT2D eigenvalue weighted by molar-refractivity contribution is 0.125. The number of aromatic nitrogens is 1. The quantitative estimate of drug-likeness (QED) is 0.750. The van der Waals surface area contributed by atoms with Crippen molar-refractivity contribution in [2.24, 2.45) is 5.41 Å². The van der Waals surface area contributed by atoms with Crippen LogP contribution < -0.4 is 0 Å². The maximum atomic E-state index is 2.73. The fraction of sp³-hybridized carbons (Fsp3) is 0.556. The minimum atomic E-state index is 0. The van der Waals surface area contributed by atoms with Crippen molar-refractivity contribution in [1.82, 2.24) is 9.47 Å². The average Bonchev–Trinajstić information content (AvgIpc) is 3.08. The number of benzene rings is 1. The Bertz CT molecular complexity index is 665. The number of para-hydroxylation sites is 1. The first kappa shape index (κ1) is 14.9. The first-order valence-corrected chi connectivity index (χ1v) is 7.91. The number of nitrogens with zero attached hydrogens (tertiary/aromatic N) is 2. The van der Waals surface area contributed by atoms with Gasteiger partial charge in [-0.1, -0.05) is 32.0 Å². The second-order valence-corrected chi connectivity index (χ2v) is 7.25. The smallest absolute Gasteiger partial charge is 0.0572 e. The zero-order chi connectivity index (χ0) is 13.9. The number of fused-ring (bicyclic) bond motifs is 3. The highest BCUT2D eigenvalue weighted by Crippen LogP contribution is 2.50. The number of hydrogen-bond acceptors (Lipinski definition) is 1. The van der Waals surface area contributed by atoms with E-state index in [2.05, 4.69) is 54.5 Å². The molecule has 4 rings (SSSR count). The largest absolute Gasteiger partial charge is 0.342 e. The van der Waals surface area contributed by atoms with Gasteiger partial charge in [-0.15, -0.1) is 12.4 Å². The molecule has 114 valence electrons. The van der Waals surface area contributed by atoms with Crippen LogP contribution in [0.5, 0.6) is 0 Å². The van der Waals surface area contributed by atoms with Crippen LogP contribution in [0.4, 0.5) is 0 Å². The molecule has 0 N–H and O–H groups in total. The Hall–Kier alpha value is -0.990. The summed E-state index contributed by atoms with van der Waals surface area (Å²) in [5, 5.41) is 1.45. The van der Waals surface area contributed by atoms with Gasteiger partial charge in [0, 0.05) is 28.6 Å². The summed E-state index contributed by atoms with van der Waals surface area (Å²) >= 11 is 0. The standard InChI is InChI=1S/C18H24N2.ClH/c1-13-14-8-4-5-9-15(14)20-12-18(2,3)17(16(13)20)19-10-6-7-11-19;/h4-5,8-9,17H,6-7,10-12H2,1-3H3;1H. The fourth-order valence-corrected chi connectivity index (χ4v) is 4.55. The van der Waals surface area contributed by atoms with Crippen LogP contribution in [0.3, 0.4) is 0 Å². The van der Waals surface area contributed by atoms with Crippen molar-refractivity contribution < 1.29 is 0 Å². The summed E-state index contributed by atoms with van der Waals surface area (Å²) in [6, 6.07) is 9.50. The molecule has 2 aromatic rings. The summed E-state index contributed by atoms with van der Waals surface area (Å²) in [6.07, 6.45) is 2.73. The molecule has 1 atom stereocenters. The van der Waals surface area contributed by atoms with Gasteiger partial charge in [-0.25, -0.2) is 0 Å². The topological polar surface area (TPSA) is 8.17 Å². The Balaban J connectivity index is 0.00000132. The molecule has 0 amide bonds. The van der Waals surface area contributed by atoms with Gasteiger partial charge in [0.25, 0.3) is 0 Å². The van der Waals surface area contributed by atoms with Crippen LogP contribution in [0.15, 0.2) is 24.3 Å². The van der Waals surface area contributed by atoms with Crippen molar-refractivity contribution in [2.45, 2.75) is 46.2 Å². The van der Waals surface area contributed by atoms with Crippen molar-refractivity contribution in [3.8, 4) is 0 Å². The third-order valence-electron chi connectivity index (χ3n) is 5.34. The van der Waals surface area contributed by atoms with E-state index in [0.717, 1.165) is 6.54 Å². The molecule has 2 aliphatic rings. The van der Waals surface area contributed by atoms with Crippen LogP contribution in [0.1, 0.15) is 44.0 Å². The summed E-state index contributed by atoms with van der Waals surface area (Å²) in [7, 11) is 0. The molecule has 0 aliphatic carbocycles. The highest BCUT2D eigenvalue weighted by atomic mass is 35.5. The molecule has 21 heavy (non-hydrogen) atoms. The van der Waals surface area contributed by atoms with Crippen LogP contribution in [0.2, 0.25) is 0 Å². The number of rotatable bonds is 1. The third kappa shape index (κ3) is 2.03. The van der Waals surface area contributed by atoms with Gasteiger partial charge in [-0.3, -0.25) is 4.90 Å². The van der Waals surface area contributed by atoms with Crippen molar-refractivity contribution in [2.75, 3.05) is 13.1 Å². The Morgan fingerprint density at radius 2 is 1.76 bits per heavy atom. The molecule has 1 unspecified atom stereocenters. The van der Waals surface area contributed by atoms with Gasteiger partial charge < -0.3 is 4.57 Å². The zero-order valence-electron chi connectivity index (χ0n) is 13.2. The maximum absolute atomic E-state index is 2.73. The van der Waals surface area contributed by atoms with Crippen molar-refractivity contribution in [3.63, 3.8) is 0 Å². The van der Waals surface area contributed by atoms with Crippen LogP contribution in [0.25, 0.3) is 10.9 Å². The second kappa shape index (κ2) is 5.03. The Labute approximate surface area is 133 Å². The normalized spacial score (nSPS) is 24.2. The lowest BCUT2D eigenvalue weighted by Crippen LogP contribution is -2.34. The van der Waals surface area contributed by atoms with E-state index in [1.807, 2.05) is 0 Å². The first-order valence-electron chi connectivity index (χ1n) is 7.91. The van der Waals surface area contributed by atoms with Crippen molar-refractivity contribution >= 4 is 23.3 Å². The number of likely N-dealkylation sites (tertiary alicyclic amines) is 1. The van der Waals surface area contributed by atoms with E-state index in [4.69, 9.17) is 0 Å². The van der Waals surface area contributed by atoms with Gasteiger partial charge in [0.05, 0.1) is 6.04 Å². The molecule has 1 saturated heterocycles. The monoisotopic (exact) mass is 304 g/mol. The molecule has 0 saturated carbocycles. The van der Waals surface area contributed by atoms with E-state index in [9.17, 15) is 0 Å². The van der Waals surface area contributed by atoms with Crippen LogP contribution >= 0.6 is 12.4 Å². The van der Waals surface area contributed by atoms with Gasteiger partial charge in [-0.2, -0.15) is 0 Å². The Morgan fingerprint density at radius 3 is 2.48 bits per heavy atom. The van der Waals surface area contributed by atoms with E-state index in [-0.39, 0.29) is 12.4 Å². The summed E-state index contributed by atoms with van der Waals surface area (Å²) in [4.78, 5) is 2.73. The molecule has 2 nitrogen and oxygen atoms in total. The number of hydrogen-bond donors (Lipinski definition) is 0. The second-order valence-electron chi connectivity index (χ2n) is 7.25. The van der Waals surface area contributed by atoms with Crippen molar-refractivity contribution in [3.05, 3.63) is 35.5 Å². The Morgan fingerprint density at radius 1 is 1.10 bits per heavy atom. The summed E-state index contributed by atoms with van der Waals surface area (Å²) in [5.74, 6) is 0. The number of aryl methyl sites for hydroxylation is 1. The zero-order valence-corrected chi connectivity index (χ0v) is 14.0. The predicted octanol–water partition coefficient (Wildman–Crippen LogP) is 4.55. The molecule has 2 aliphatic heterocycles. The molecule has 3 heterocycles. The van der Waals surface area contributed by atoms with E-state index >= 15 is 0 Å². The molecular formula is C18H25ClN2. The van der Waals surface area contributed by atoms with Gasteiger partial charge >= 0.3 is 0 Å². The van der Waals surface area contributed by atoms with Gasteiger partial charge in [-0.05, 0) is 44.5 Å². The predicted molar refractivity (Wildman–Crippen MR) is 91.3 cm³/mol. The maximum Gasteiger partial charge on any atom is 0.0572 e. The average molecular weight is 305 g/mol. The van der Waals surface area contributed by atoms with Gasteiger partial charge in [0.2, 0.25) is 0 Å². The highest BCUT2D eigenvalue weighted by Gasteiger charge is 2.45. The summed E-state index contributed by atoms with van der Waals surface area (Å²) in [6.45, 7) is 10.9. The third-order valence-corrected chi connectivity index (χ3v) is 5.34. The highest BCUT2D eigenvalue weighted by molar-refractivity contribution is 5.86. The fourth-order valence-electron chi connectivity index (χ4n) is 4.55. The van der Waals surface area contributed by atoms with Gasteiger partial charge in [0.1, 0.15) is 0 Å². The lowest BCUT2D eigenvalue weighted by atomic mass is 9.83. The van der Waals surface area contributed by atoms with E-state index in [1.165, 1.54) is 42.4 Å². The Kier molecular flexibility index (Phi) is 3.58. The van der Waals surface area contributed by atoms with Crippen LogP contribution in [-0.4, -0.2) is 22.6 Å². The molecule has 0 bridgehead atoms. The van der Waals surface area contributed by atoms with Crippen LogP contribution in [-0.2, 0) is 6.54 Å². The molecule has 3 heteroatoms. The molecular weight excluding hydrogens is 280 g/mol. The SMILES string of the molecule is Cc1c2n(c3ccccc13)CC(C)(C)C2N1CCCC1.Cl. The molecule has 1 fully saturated rings. The summed E-state index contributed by atoms with van der Waals surface area (Å²) in [5.41, 5.74) is 4.85. The van der Waals surface area contributed by atoms with Crippen molar-refractivity contribution in [1.29, 1.82) is 0 Å². The van der Waals surface area contributed by atoms with E-state index < -0.39 is 0 Å². The van der Waals surface area contributed by atoms with E-state index in [0.29, 0.717) is 11.5 Å². The van der Waals surface area contributed by atoms with Crippen LogP contribution in [0, 0.1) is 12.3 Å². The minimum absolute atomic E-state index is 0. The molecule has 1 aromatic carbocycles. The number of halogens is 1. The lowest BCUT2D eigenvalue weighted by Gasteiger charge is -2.34. The molecule has 0 radical (unpaired) electrons. The van der Waals surface area contributed by atoms with E-state index in [1.54, 1.807) is 5.69 Å². The van der Waals surface area contributed by atoms with Gasteiger partial charge in [0.15, 0.2) is 0 Å². The first-order chi connectivity index (χ1) is 9.59. The minimum Gasteiger partial charge on any atom is -0.342 e. The molecule has 1 aromatic heterocycles. The summed E-state index contributed by atoms with van der Waals surface area (Å²) < 4.78 is 2.59.